The molecule has 1 aromatic carbocycles. The molecule has 1 aromatic rings. The van der Waals surface area contributed by atoms with Gasteiger partial charge in [-0.3, -0.25) is 4.79 Å². The van der Waals surface area contributed by atoms with Crippen LogP contribution in [0.25, 0.3) is 0 Å². The minimum absolute atomic E-state index is 0.0228. The highest BCUT2D eigenvalue weighted by molar-refractivity contribution is 5.82. The van der Waals surface area contributed by atoms with Gasteiger partial charge < -0.3 is 15.4 Å². The van der Waals surface area contributed by atoms with E-state index in [-0.39, 0.29) is 11.9 Å². The molecule has 1 aliphatic rings. The molecule has 0 bridgehead atoms. The highest BCUT2D eigenvalue weighted by Crippen LogP contribution is 2.10. The summed E-state index contributed by atoms with van der Waals surface area (Å²) in [4.78, 5) is 14.1. The molecule has 98 valence electrons. The van der Waals surface area contributed by atoms with E-state index in [1.807, 2.05) is 42.2 Å². The monoisotopic (exact) mass is 248 g/mol. The van der Waals surface area contributed by atoms with Crippen LogP contribution < -0.4 is 5.73 Å². The molecule has 2 atom stereocenters. The van der Waals surface area contributed by atoms with Crippen molar-refractivity contribution in [3.05, 3.63) is 35.9 Å². The molecular weight excluding hydrogens is 228 g/mol. The van der Waals surface area contributed by atoms with Crippen LogP contribution in [0.4, 0.5) is 0 Å². The Labute approximate surface area is 108 Å². The van der Waals surface area contributed by atoms with E-state index in [0.717, 1.165) is 5.56 Å². The molecule has 0 spiro atoms. The number of nitrogens with zero attached hydrogens (tertiary/aromatic N) is 1. The number of carbonyl (C=O) groups is 1. The zero-order valence-electron chi connectivity index (χ0n) is 10.7. The Morgan fingerprint density at radius 1 is 1.50 bits per heavy atom. The number of morpholine rings is 1. The fourth-order valence-corrected chi connectivity index (χ4v) is 2.22. The fourth-order valence-electron chi connectivity index (χ4n) is 2.22. The Morgan fingerprint density at radius 2 is 2.22 bits per heavy atom. The van der Waals surface area contributed by atoms with E-state index in [4.69, 9.17) is 10.5 Å². The molecule has 4 heteroatoms. The first-order chi connectivity index (χ1) is 8.68. The first-order valence-corrected chi connectivity index (χ1v) is 6.36. The summed E-state index contributed by atoms with van der Waals surface area (Å²) in [6.45, 7) is 3.84. The second-order valence-electron chi connectivity index (χ2n) is 4.75. The van der Waals surface area contributed by atoms with Gasteiger partial charge in [0.2, 0.25) is 5.91 Å². The second kappa shape index (κ2) is 5.98. The minimum Gasteiger partial charge on any atom is -0.377 e. The maximum absolute atomic E-state index is 12.3. The number of nitrogens with two attached hydrogens (primary N) is 1. The summed E-state index contributed by atoms with van der Waals surface area (Å²) >= 11 is 0. The molecule has 1 heterocycles. The lowest BCUT2D eigenvalue weighted by Crippen LogP contribution is -2.53. The Hall–Kier alpha value is -1.39. The van der Waals surface area contributed by atoms with Crippen LogP contribution in [0.15, 0.2) is 30.3 Å². The van der Waals surface area contributed by atoms with E-state index in [2.05, 4.69) is 0 Å². The van der Waals surface area contributed by atoms with Crippen molar-refractivity contribution in [3.63, 3.8) is 0 Å². The lowest BCUT2D eigenvalue weighted by atomic mass is 10.0. The normalized spacial score (nSPS) is 21.7. The van der Waals surface area contributed by atoms with Crippen LogP contribution in [0.2, 0.25) is 0 Å². The molecule has 0 aromatic heterocycles. The fraction of sp³-hybridized carbons (Fsp3) is 0.500. The van der Waals surface area contributed by atoms with Crippen molar-refractivity contribution in [2.75, 3.05) is 19.8 Å². The van der Waals surface area contributed by atoms with E-state index in [9.17, 15) is 4.79 Å². The number of benzene rings is 1. The molecule has 0 aliphatic carbocycles. The molecule has 0 radical (unpaired) electrons. The Balaban J connectivity index is 1.96. The van der Waals surface area contributed by atoms with Gasteiger partial charge in [0, 0.05) is 6.54 Å². The Morgan fingerprint density at radius 3 is 2.89 bits per heavy atom. The van der Waals surface area contributed by atoms with Gasteiger partial charge in [-0.1, -0.05) is 30.3 Å². The summed E-state index contributed by atoms with van der Waals surface area (Å²) in [6.07, 6.45) is 0.587. The Bertz CT molecular complexity index is 394. The molecule has 1 saturated heterocycles. The minimum atomic E-state index is -0.465. The molecule has 4 nitrogen and oxygen atoms in total. The van der Waals surface area contributed by atoms with Crippen LogP contribution in [0.1, 0.15) is 12.5 Å². The molecule has 2 unspecified atom stereocenters. The molecule has 1 fully saturated rings. The quantitative estimate of drug-likeness (QED) is 0.861. The molecule has 1 amide bonds. The van der Waals surface area contributed by atoms with Crippen LogP contribution in [0.3, 0.4) is 0 Å². The summed E-state index contributed by atoms with van der Waals surface area (Å²) in [5.41, 5.74) is 7.11. The van der Waals surface area contributed by atoms with Crippen molar-refractivity contribution in [1.29, 1.82) is 0 Å². The van der Waals surface area contributed by atoms with E-state index in [1.54, 1.807) is 0 Å². The number of hydrogen-bond acceptors (Lipinski definition) is 3. The number of rotatable bonds is 3. The van der Waals surface area contributed by atoms with Gasteiger partial charge >= 0.3 is 0 Å². The van der Waals surface area contributed by atoms with Crippen molar-refractivity contribution in [3.8, 4) is 0 Å². The average Bonchev–Trinajstić information content (AvgIpc) is 2.39. The van der Waals surface area contributed by atoms with Crippen LogP contribution in [-0.4, -0.2) is 42.6 Å². The van der Waals surface area contributed by atoms with Crippen LogP contribution >= 0.6 is 0 Å². The molecule has 18 heavy (non-hydrogen) atoms. The van der Waals surface area contributed by atoms with E-state index >= 15 is 0 Å². The van der Waals surface area contributed by atoms with Gasteiger partial charge in [-0.05, 0) is 18.9 Å². The number of ether oxygens (including phenoxy) is 1. The van der Waals surface area contributed by atoms with Crippen molar-refractivity contribution in [2.45, 2.75) is 25.4 Å². The zero-order chi connectivity index (χ0) is 13.0. The van der Waals surface area contributed by atoms with E-state index in [1.165, 1.54) is 0 Å². The summed E-state index contributed by atoms with van der Waals surface area (Å²) in [5, 5.41) is 0. The topological polar surface area (TPSA) is 55.6 Å². The first-order valence-electron chi connectivity index (χ1n) is 6.36. The van der Waals surface area contributed by atoms with Gasteiger partial charge in [-0.2, -0.15) is 0 Å². The predicted octanol–water partition coefficient (Wildman–Crippen LogP) is 0.804. The van der Waals surface area contributed by atoms with Crippen molar-refractivity contribution < 1.29 is 9.53 Å². The van der Waals surface area contributed by atoms with Crippen molar-refractivity contribution >= 4 is 5.91 Å². The largest absolute Gasteiger partial charge is 0.377 e. The highest BCUT2D eigenvalue weighted by Gasteiger charge is 2.27. The third-order valence-corrected chi connectivity index (χ3v) is 3.27. The third-order valence-electron chi connectivity index (χ3n) is 3.27. The van der Waals surface area contributed by atoms with Crippen LogP contribution in [0.5, 0.6) is 0 Å². The van der Waals surface area contributed by atoms with Gasteiger partial charge in [-0.15, -0.1) is 0 Å². The standard InChI is InChI=1S/C14H20N2O2/c1-11-10-18-8-7-16(11)14(17)13(15)9-12-5-3-2-4-6-12/h2-6,11,13H,7-10,15H2,1H3. The average molecular weight is 248 g/mol. The maximum Gasteiger partial charge on any atom is 0.240 e. The number of amides is 1. The lowest BCUT2D eigenvalue weighted by molar-refractivity contribution is -0.140. The number of hydrogen-bond donors (Lipinski definition) is 1. The molecule has 2 N–H and O–H groups in total. The summed E-state index contributed by atoms with van der Waals surface area (Å²) < 4.78 is 5.33. The summed E-state index contributed by atoms with van der Waals surface area (Å²) in [5.74, 6) is 0.0228. The zero-order valence-corrected chi connectivity index (χ0v) is 10.7. The smallest absolute Gasteiger partial charge is 0.240 e. The molecule has 0 saturated carbocycles. The third kappa shape index (κ3) is 3.09. The predicted molar refractivity (Wildman–Crippen MR) is 70.1 cm³/mol. The second-order valence-corrected chi connectivity index (χ2v) is 4.75. The molecule has 1 aliphatic heterocycles. The molecule has 2 rings (SSSR count). The first kappa shape index (κ1) is 13.1. The van der Waals surface area contributed by atoms with Gasteiger partial charge in [-0.25, -0.2) is 0 Å². The van der Waals surface area contributed by atoms with Gasteiger partial charge in [0.1, 0.15) is 0 Å². The lowest BCUT2D eigenvalue weighted by Gasteiger charge is -2.35. The van der Waals surface area contributed by atoms with Crippen molar-refractivity contribution in [2.24, 2.45) is 5.73 Å². The van der Waals surface area contributed by atoms with Gasteiger partial charge in [0.15, 0.2) is 0 Å². The van der Waals surface area contributed by atoms with Crippen LogP contribution in [-0.2, 0) is 16.0 Å². The van der Waals surface area contributed by atoms with Crippen LogP contribution in [0, 0.1) is 0 Å². The molecular formula is C14H20N2O2. The van der Waals surface area contributed by atoms with E-state index < -0.39 is 6.04 Å². The summed E-state index contributed by atoms with van der Waals surface area (Å²) in [7, 11) is 0. The van der Waals surface area contributed by atoms with Crippen molar-refractivity contribution in [1.82, 2.24) is 4.90 Å². The maximum atomic E-state index is 12.3. The highest BCUT2D eigenvalue weighted by atomic mass is 16.5. The number of carbonyl (C=O) groups excluding carboxylic acids is 1. The van der Waals surface area contributed by atoms with Gasteiger partial charge in [0.05, 0.1) is 25.3 Å². The Kier molecular flexibility index (Phi) is 4.33. The summed E-state index contributed by atoms with van der Waals surface area (Å²) in [6, 6.07) is 9.53. The SMILES string of the molecule is CC1COCCN1C(=O)C(N)Cc1ccccc1. The van der Waals surface area contributed by atoms with Gasteiger partial charge in [0.25, 0.3) is 0 Å². The van der Waals surface area contributed by atoms with E-state index in [0.29, 0.717) is 26.2 Å².